The zero-order valence-corrected chi connectivity index (χ0v) is 14.6. The molecule has 8 heteroatoms. The summed E-state index contributed by atoms with van der Waals surface area (Å²) in [4.78, 5) is 28.0. The summed E-state index contributed by atoms with van der Waals surface area (Å²) in [7, 11) is 2.96. The molecule has 1 aromatic heterocycles. The Kier molecular flexibility index (Phi) is 5.01. The standard InChI is InChI=1S/C17H24N2O6/c1-23-11-14(20)18-7-5-17(22)6-8-19(10-12(17)9-18)16(21)13-3-4-15(24-2)25-13/h3-4,12,22H,5-11H2,1-2H3/t12-,17-/m0/s1. The van der Waals surface area contributed by atoms with Gasteiger partial charge in [-0.3, -0.25) is 9.59 Å². The molecule has 2 atom stereocenters. The Morgan fingerprint density at radius 1 is 1.24 bits per heavy atom. The summed E-state index contributed by atoms with van der Waals surface area (Å²) in [5.41, 5.74) is -0.832. The van der Waals surface area contributed by atoms with Crippen molar-refractivity contribution in [2.45, 2.75) is 18.4 Å². The molecule has 3 rings (SSSR count). The number of rotatable bonds is 4. The highest BCUT2D eigenvalue weighted by Gasteiger charge is 2.47. The van der Waals surface area contributed by atoms with Crippen LogP contribution in [0, 0.1) is 5.92 Å². The Morgan fingerprint density at radius 2 is 1.92 bits per heavy atom. The first-order chi connectivity index (χ1) is 12.0. The van der Waals surface area contributed by atoms with E-state index in [1.165, 1.54) is 14.2 Å². The summed E-state index contributed by atoms with van der Waals surface area (Å²) in [6.45, 7) is 1.80. The van der Waals surface area contributed by atoms with Crippen LogP contribution in [0.15, 0.2) is 16.5 Å². The minimum absolute atomic E-state index is 0.0278. The van der Waals surface area contributed by atoms with E-state index in [0.29, 0.717) is 39.0 Å². The van der Waals surface area contributed by atoms with Crippen molar-refractivity contribution in [3.05, 3.63) is 17.9 Å². The van der Waals surface area contributed by atoms with E-state index in [9.17, 15) is 14.7 Å². The van der Waals surface area contributed by atoms with Crippen LogP contribution in [0.2, 0.25) is 0 Å². The Bertz CT molecular complexity index is 645. The number of piperidine rings is 2. The number of carbonyl (C=O) groups is 2. The molecule has 0 aromatic carbocycles. The molecule has 2 fully saturated rings. The molecule has 138 valence electrons. The van der Waals surface area contributed by atoms with Gasteiger partial charge in [0.1, 0.15) is 6.61 Å². The molecule has 2 aliphatic rings. The van der Waals surface area contributed by atoms with Crippen molar-refractivity contribution in [2.75, 3.05) is 47.0 Å². The smallest absolute Gasteiger partial charge is 0.289 e. The number of aliphatic hydroxyl groups is 1. The number of ether oxygens (including phenoxy) is 2. The molecule has 0 unspecified atom stereocenters. The first kappa shape index (κ1) is 17.8. The van der Waals surface area contributed by atoms with Crippen LogP contribution in [0.3, 0.4) is 0 Å². The average Bonchev–Trinajstić information content (AvgIpc) is 3.09. The number of carbonyl (C=O) groups excluding carboxylic acids is 2. The van der Waals surface area contributed by atoms with Crippen LogP contribution in [-0.2, 0) is 9.53 Å². The van der Waals surface area contributed by atoms with Gasteiger partial charge in [0.25, 0.3) is 11.9 Å². The van der Waals surface area contributed by atoms with Crippen molar-refractivity contribution in [3.63, 3.8) is 0 Å². The molecule has 0 saturated carbocycles. The second-order valence-electron chi connectivity index (χ2n) is 6.65. The first-order valence-electron chi connectivity index (χ1n) is 8.39. The van der Waals surface area contributed by atoms with E-state index in [0.717, 1.165) is 0 Å². The molecule has 0 radical (unpaired) electrons. The molecule has 2 amide bonds. The third kappa shape index (κ3) is 3.50. The van der Waals surface area contributed by atoms with Crippen LogP contribution < -0.4 is 4.74 Å². The third-order valence-corrected chi connectivity index (χ3v) is 5.17. The van der Waals surface area contributed by atoms with Gasteiger partial charge in [0.05, 0.1) is 12.7 Å². The summed E-state index contributed by atoms with van der Waals surface area (Å²) >= 11 is 0. The summed E-state index contributed by atoms with van der Waals surface area (Å²) < 4.78 is 15.2. The van der Waals surface area contributed by atoms with Crippen LogP contribution in [-0.4, -0.2) is 79.3 Å². The van der Waals surface area contributed by atoms with Crippen molar-refractivity contribution < 1.29 is 28.6 Å². The number of nitrogens with zero attached hydrogens (tertiary/aromatic N) is 2. The van der Waals surface area contributed by atoms with Gasteiger partial charge in [0.2, 0.25) is 5.91 Å². The summed E-state index contributed by atoms with van der Waals surface area (Å²) in [6.07, 6.45) is 1.01. The Balaban J connectivity index is 1.68. The van der Waals surface area contributed by atoms with Gasteiger partial charge in [0.15, 0.2) is 5.76 Å². The fraction of sp³-hybridized carbons (Fsp3) is 0.647. The van der Waals surface area contributed by atoms with Crippen molar-refractivity contribution in [2.24, 2.45) is 5.92 Å². The van der Waals surface area contributed by atoms with Crippen LogP contribution >= 0.6 is 0 Å². The van der Waals surface area contributed by atoms with Crippen LogP contribution in [0.4, 0.5) is 0 Å². The van der Waals surface area contributed by atoms with Gasteiger partial charge in [-0.25, -0.2) is 0 Å². The number of methoxy groups -OCH3 is 2. The second kappa shape index (κ2) is 7.05. The number of hydrogen-bond donors (Lipinski definition) is 1. The Labute approximate surface area is 146 Å². The molecule has 3 heterocycles. The Hall–Kier alpha value is -2.06. The monoisotopic (exact) mass is 352 g/mol. The zero-order valence-electron chi connectivity index (χ0n) is 14.6. The normalized spacial score (nSPS) is 26.3. The summed E-state index contributed by atoms with van der Waals surface area (Å²) in [5.74, 6) is -0.0117. The van der Waals surface area contributed by atoms with Gasteiger partial charge < -0.3 is 28.8 Å². The second-order valence-corrected chi connectivity index (χ2v) is 6.65. The predicted molar refractivity (Wildman–Crippen MR) is 87.3 cm³/mol. The zero-order chi connectivity index (χ0) is 18.0. The SMILES string of the molecule is COCC(=O)N1CC[C@]2(O)CCN(C(=O)c3ccc(OC)o3)C[C@@H]2C1. The van der Waals surface area contributed by atoms with Crippen molar-refractivity contribution >= 4 is 11.8 Å². The van der Waals surface area contributed by atoms with Gasteiger partial charge in [-0.15, -0.1) is 0 Å². The molecule has 0 spiro atoms. The van der Waals surface area contributed by atoms with Crippen LogP contribution in [0.25, 0.3) is 0 Å². The molecule has 2 saturated heterocycles. The molecule has 1 N–H and O–H groups in total. The van der Waals surface area contributed by atoms with Crippen molar-refractivity contribution in [1.29, 1.82) is 0 Å². The predicted octanol–water partition coefficient (Wildman–Crippen LogP) is 0.360. The molecule has 0 aliphatic carbocycles. The van der Waals surface area contributed by atoms with E-state index in [1.807, 2.05) is 0 Å². The molecule has 25 heavy (non-hydrogen) atoms. The molecule has 1 aromatic rings. The highest BCUT2D eigenvalue weighted by Crippen LogP contribution is 2.36. The van der Waals surface area contributed by atoms with Crippen LogP contribution in [0.5, 0.6) is 5.95 Å². The molecule has 8 nitrogen and oxygen atoms in total. The number of likely N-dealkylation sites (tertiary alicyclic amines) is 2. The summed E-state index contributed by atoms with van der Waals surface area (Å²) in [6, 6.07) is 3.18. The topological polar surface area (TPSA) is 92.5 Å². The minimum Gasteiger partial charge on any atom is -0.468 e. The maximum atomic E-state index is 12.6. The van der Waals surface area contributed by atoms with E-state index in [2.05, 4.69) is 0 Å². The lowest BCUT2D eigenvalue weighted by atomic mass is 9.75. The van der Waals surface area contributed by atoms with E-state index < -0.39 is 5.60 Å². The fourth-order valence-electron chi connectivity index (χ4n) is 3.63. The lowest BCUT2D eigenvalue weighted by Crippen LogP contribution is -2.61. The summed E-state index contributed by atoms with van der Waals surface area (Å²) in [5, 5.41) is 10.9. The average molecular weight is 352 g/mol. The lowest BCUT2D eigenvalue weighted by molar-refractivity contribution is -0.148. The number of fused-ring (bicyclic) bond motifs is 1. The van der Waals surface area contributed by atoms with Crippen LogP contribution in [0.1, 0.15) is 23.4 Å². The maximum Gasteiger partial charge on any atom is 0.289 e. The van der Waals surface area contributed by atoms with Gasteiger partial charge in [-0.05, 0) is 18.9 Å². The Morgan fingerprint density at radius 3 is 2.56 bits per heavy atom. The van der Waals surface area contributed by atoms with Crippen molar-refractivity contribution in [3.8, 4) is 5.95 Å². The van der Waals surface area contributed by atoms with Gasteiger partial charge >= 0.3 is 0 Å². The van der Waals surface area contributed by atoms with E-state index in [-0.39, 0.29) is 36.0 Å². The van der Waals surface area contributed by atoms with Crippen molar-refractivity contribution in [1.82, 2.24) is 9.80 Å². The van der Waals surface area contributed by atoms with E-state index >= 15 is 0 Å². The molecular formula is C17H24N2O6. The highest BCUT2D eigenvalue weighted by molar-refractivity contribution is 5.91. The molecule has 0 bridgehead atoms. The number of amides is 2. The molecule has 2 aliphatic heterocycles. The lowest BCUT2D eigenvalue weighted by Gasteiger charge is -2.50. The van der Waals surface area contributed by atoms with Gasteiger partial charge in [-0.1, -0.05) is 0 Å². The largest absolute Gasteiger partial charge is 0.468 e. The number of hydrogen-bond acceptors (Lipinski definition) is 6. The maximum absolute atomic E-state index is 12.6. The first-order valence-corrected chi connectivity index (χ1v) is 8.39. The third-order valence-electron chi connectivity index (χ3n) is 5.17. The number of furan rings is 1. The highest BCUT2D eigenvalue weighted by atomic mass is 16.6. The van der Waals surface area contributed by atoms with E-state index in [4.69, 9.17) is 13.9 Å². The van der Waals surface area contributed by atoms with E-state index in [1.54, 1.807) is 21.9 Å². The van der Waals surface area contributed by atoms with Gasteiger partial charge in [0, 0.05) is 45.3 Å². The van der Waals surface area contributed by atoms with Gasteiger partial charge in [-0.2, -0.15) is 0 Å². The quantitative estimate of drug-likeness (QED) is 0.841. The minimum atomic E-state index is -0.832. The molecular weight excluding hydrogens is 328 g/mol. The fourth-order valence-corrected chi connectivity index (χ4v) is 3.63.